The summed E-state index contributed by atoms with van der Waals surface area (Å²) < 4.78 is 37.3. The van der Waals surface area contributed by atoms with Gasteiger partial charge in [-0.1, -0.05) is 0 Å². The molecule has 1 amide bonds. The molecule has 1 aromatic rings. The number of halogens is 3. The minimum atomic E-state index is -4.35. The second-order valence-electron chi connectivity index (χ2n) is 4.45. The first-order valence-electron chi connectivity index (χ1n) is 6.52. The highest BCUT2D eigenvalue weighted by molar-refractivity contribution is 5.84. The van der Waals surface area contributed by atoms with Crippen molar-refractivity contribution in [2.45, 2.75) is 33.0 Å². The number of benzene rings is 1. The third-order valence-corrected chi connectivity index (χ3v) is 3.04. The first-order chi connectivity index (χ1) is 9.29. The number of likely N-dealkylation sites (N-methyl/N-ethyl adjacent to an activating group) is 1. The zero-order valence-corrected chi connectivity index (χ0v) is 11.8. The number of rotatable bonds is 5. The van der Waals surface area contributed by atoms with Crippen LogP contribution in [0.5, 0.6) is 0 Å². The third kappa shape index (κ3) is 4.15. The van der Waals surface area contributed by atoms with Gasteiger partial charge in [0.2, 0.25) is 5.91 Å². The molecule has 0 heterocycles. The Balaban J connectivity index is 2.71. The molecular formula is C14H19F3N2O. The van der Waals surface area contributed by atoms with Crippen molar-refractivity contribution in [3.63, 3.8) is 0 Å². The van der Waals surface area contributed by atoms with Crippen molar-refractivity contribution in [1.82, 2.24) is 4.90 Å². The van der Waals surface area contributed by atoms with Crippen LogP contribution in [0.4, 0.5) is 18.9 Å². The second kappa shape index (κ2) is 6.63. The van der Waals surface area contributed by atoms with Gasteiger partial charge in [-0.25, -0.2) is 0 Å². The molecule has 0 saturated carbocycles. The number of alkyl halides is 3. The molecule has 0 radical (unpaired) electrons. The zero-order chi connectivity index (χ0) is 15.3. The number of carbonyl (C=O) groups excluding carboxylic acids is 1. The number of amides is 1. The molecule has 0 aliphatic heterocycles. The summed E-state index contributed by atoms with van der Waals surface area (Å²) in [5.74, 6) is -0.0742. The van der Waals surface area contributed by atoms with E-state index in [1.165, 1.54) is 12.1 Å². The smallest absolute Gasteiger partial charge is 0.374 e. The minimum Gasteiger partial charge on any atom is -0.374 e. The average Bonchev–Trinajstić information content (AvgIpc) is 2.39. The lowest BCUT2D eigenvalue weighted by Gasteiger charge is -2.24. The summed E-state index contributed by atoms with van der Waals surface area (Å²) in [7, 11) is 0. The zero-order valence-electron chi connectivity index (χ0n) is 11.8. The topological polar surface area (TPSA) is 32.3 Å². The molecule has 1 rings (SSSR count). The van der Waals surface area contributed by atoms with Gasteiger partial charge in [-0.2, -0.15) is 13.2 Å². The highest BCUT2D eigenvalue weighted by atomic mass is 19.4. The van der Waals surface area contributed by atoms with Gasteiger partial charge >= 0.3 is 6.18 Å². The molecule has 0 bridgehead atoms. The van der Waals surface area contributed by atoms with Gasteiger partial charge in [0.15, 0.2) is 0 Å². The lowest BCUT2D eigenvalue weighted by atomic mass is 10.2. The molecule has 20 heavy (non-hydrogen) atoms. The second-order valence-corrected chi connectivity index (χ2v) is 4.45. The molecular weight excluding hydrogens is 269 g/mol. The highest BCUT2D eigenvalue weighted by Gasteiger charge is 2.30. The van der Waals surface area contributed by atoms with Gasteiger partial charge in [-0.15, -0.1) is 0 Å². The summed E-state index contributed by atoms with van der Waals surface area (Å²) in [5, 5.41) is 2.91. The molecule has 1 atom stereocenters. The maximum atomic E-state index is 12.4. The van der Waals surface area contributed by atoms with Gasteiger partial charge < -0.3 is 10.2 Å². The molecule has 0 saturated heterocycles. The largest absolute Gasteiger partial charge is 0.416 e. The quantitative estimate of drug-likeness (QED) is 0.901. The normalized spacial score (nSPS) is 12.9. The Labute approximate surface area is 116 Å². The van der Waals surface area contributed by atoms with Crippen molar-refractivity contribution in [2.75, 3.05) is 18.4 Å². The van der Waals surface area contributed by atoms with E-state index in [0.29, 0.717) is 18.8 Å². The Kier molecular flexibility index (Phi) is 5.42. The Morgan fingerprint density at radius 3 is 2.10 bits per heavy atom. The number of hydrogen-bond donors (Lipinski definition) is 1. The molecule has 0 aromatic heterocycles. The maximum Gasteiger partial charge on any atom is 0.416 e. The maximum absolute atomic E-state index is 12.4. The number of nitrogens with zero attached hydrogens (tertiary/aromatic N) is 1. The molecule has 6 heteroatoms. The van der Waals surface area contributed by atoms with Crippen molar-refractivity contribution in [3.05, 3.63) is 29.8 Å². The van der Waals surface area contributed by atoms with Crippen molar-refractivity contribution in [2.24, 2.45) is 0 Å². The minimum absolute atomic E-state index is 0.0742. The van der Waals surface area contributed by atoms with Crippen LogP contribution in [-0.2, 0) is 11.0 Å². The molecule has 3 nitrogen and oxygen atoms in total. The van der Waals surface area contributed by atoms with E-state index in [4.69, 9.17) is 0 Å². The first-order valence-corrected chi connectivity index (χ1v) is 6.52. The summed E-state index contributed by atoms with van der Waals surface area (Å²) in [6, 6.07) is 4.17. The van der Waals surface area contributed by atoms with E-state index in [-0.39, 0.29) is 5.91 Å². The van der Waals surface area contributed by atoms with Crippen LogP contribution in [0.2, 0.25) is 0 Å². The van der Waals surface area contributed by atoms with Crippen LogP contribution in [0, 0.1) is 0 Å². The fourth-order valence-corrected chi connectivity index (χ4v) is 1.88. The van der Waals surface area contributed by atoms with Crippen molar-refractivity contribution in [1.29, 1.82) is 0 Å². The molecule has 0 aliphatic carbocycles. The van der Waals surface area contributed by atoms with Crippen LogP contribution in [0.15, 0.2) is 24.3 Å². The van der Waals surface area contributed by atoms with Gasteiger partial charge in [0.05, 0.1) is 5.56 Å². The van der Waals surface area contributed by atoms with Gasteiger partial charge in [-0.3, -0.25) is 4.79 Å². The molecule has 0 aliphatic rings. The number of nitrogens with one attached hydrogen (secondary N) is 1. The summed E-state index contributed by atoms with van der Waals surface area (Å²) >= 11 is 0. The van der Waals surface area contributed by atoms with E-state index in [2.05, 4.69) is 5.32 Å². The number of hydrogen-bond acceptors (Lipinski definition) is 2. The fraction of sp³-hybridized carbons (Fsp3) is 0.500. The lowest BCUT2D eigenvalue weighted by molar-refractivity contribution is -0.137. The number of carbonyl (C=O) groups is 1. The van der Waals surface area contributed by atoms with E-state index < -0.39 is 17.8 Å². The third-order valence-electron chi connectivity index (χ3n) is 3.04. The SMILES string of the molecule is CCN(CC)C(=O)C(C)Nc1ccc(C(F)(F)F)cc1. The van der Waals surface area contributed by atoms with E-state index >= 15 is 0 Å². The highest BCUT2D eigenvalue weighted by Crippen LogP contribution is 2.29. The fourth-order valence-electron chi connectivity index (χ4n) is 1.88. The van der Waals surface area contributed by atoms with Crippen LogP contribution in [0.3, 0.4) is 0 Å². The number of anilines is 1. The summed E-state index contributed by atoms with van der Waals surface area (Å²) in [6.45, 7) is 6.67. The van der Waals surface area contributed by atoms with Crippen LogP contribution in [0.25, 0.3) is 0 Å². The molecule has 0 spiro atoms. The van der Waals surface area contributed by atoms with E-state index in [1.54, 1.807) is 11.8 Å². The van der Waals surface area contributed by atoms with Crippen molar-refractivity contribution >= 4 is 11.6 Å². The summed E-state index contributed by atoms with van der Waals surface area (Å²) in [5.41, 5.74) is -0.211. The van der Waals surface area contributed by atoms with E-state index in [9.17, 15) is 18.0 Å². The molecule has 1 aromatic carbocycles. The van der Waals surface area contributed by atoms with Gasteiger partial charge in [0, 0.05) is 18.8 Å². The van der Waals surface area contributed by atoms with Gasteiger partial charge in [0.25, 0.3) is 0 Å². The molecule has 0 fully saturated rings. The van der Waals surface area contributed by atoms with Crippen LogP contribution < -0.4 is 5.32 Å². The Morgan fingerprint density at radius 1 is 1.20 bits per heavy atom. The van der Waals surface area contributed by atoms with Crippen molar-refractivity contribution in [3.8, 4) is 0 Å². The predicted molar refractivity (Wildman–Crippen MR) is 72.5 cm³/mol. The predicted octanol–water partition coefficient (Wildman–Crippen LogP) is 3.37. The van der Waals surface area contributed by atoms with Gasteiger partial charge in [0.1, 0.15) is 6.04 Å². The monoisotopic (exact) mass is 288 g/mol. The van der Waals surface area contributed by atoms with E-state index in [0.717, 1.165) is 12.1 Å². The van der Waals surface area contributed by atoms with Crippen molar-refractivity contribution < 1.29 is 18.0 Å². The van der Waals surface area contributed by atoms with E-state index in [1.807, 2.05) is 13.8 Å². The summed E-state index contributed by atoms with van der Waals surface area (Å²) in [6.07, 6.45) is -4.35. The average molecular weight is 288 g/mol. The Bertz CT molecular complexity index is 439. The molecule has 1 N–H and O–H groups in total. The lowest BCUT2D eigenvalue weighted by Crippen LogP contribution is -2.41. The first kappa shape index (κ1) is 16.3. The van der Waals surface area contributed by atoms with Gasteiger partial charge in [-0.05, 0) is 45.0 Å². The molecule has 112 valence electrons. The summed E-state index contributed by atoms with van der Waals surface area (Å²) in [4.78, 5) is 13.7. The van der Waals surface area contributed by atoms with Crippen LogP contribution in [0.1, 0.15) is 26.3 Å². The Hall–Kier alpha value is -1.72. The Morgan fingerprint density at radius 2 is 1.70 bits per heavy atom. The standard InChI is InChI=1S/C14H19F3N2O/c1-4-19(5-2)13(20)10(3)18-12-8-6-11(7-9-12)14(15,16)17/h6-10,18H,4-5H2,1-3H3. The van der Waals surface area contributed by atoms with Crippen LogP contribution in [-0.4, -0.2) is 29.9 Å². The molecule has 1 unspecified atom stereocenters. The van der Waals surface area contributed by atoms with Crippen LogP contribution >= 0.6 is 0 Å².